The summed E-state index contributed by atoms with van der Waals surface area (Å²) >= 11 is 0. The van der Waals surface area contributed by atoms with Gasteiger partial charge in [-0.3, -0.25) is 9.80 Å². The lowest BCUT2D eigenvalue weighted by molar-refractivity contribution is 0.121. The van der Waals surface area contributed by atoms with Crippen LogP contribution in [0.5, 0.6) is 0 Å². The topological polar surface area (TPSA) is 6.48 Å². The second-order valence-corrected chi connectivity index (χ2v) is 6.13. The van der Waals surface area contributed by atoms with Gasteiger partial charge in [0.15, 0.2) is 0 Å². The third-order valence-electron chi connectivity index (χ3n) is 4.31. The number of rotatable bonds is 4. The Bertz CT molecular complexity index is 618. The van der Waals surface area contributed by atoms with Gasteiger partial charge in [-0.15, -0.1) is 0 Å². The Labute approximate surface area is 132 Å². The van der Waals surface area contributed by atoms with Gasteiger partial charge in [0.2, 0.25) is 0 Å². The third kappa shape index (κ3) is 3.93. The van der Waals surface area contributed by atoms with Gasteiger partial charge < -0.3 is 0 Å². The van der Waals surface area contributed by atoms with E-state index >= 15 is 0 Å². The highest BCUT2D eigenvalue weighted by molar-refractivity contribution is 5.22. The molecule has 0 aliphatic carbocycles. The summed E-state index contributed by atoms with van der Waals surface area (Å²) in [6, 6.07) is 15.8. The molecule has 0 radical (unpaired) electrons. The van der Waals surface area contributed by atoms with Crippen molar-refractivity contribution < 1.29 is 4.39 Å². The van der Waals surface area contributed by atoms with Gasteiger partial charge in [-0.2, -0.15) is 0 Å². The summed E-state index contributed by atoms with van der Waals surface area (Å²) in [4.78, 5) is 4.82. The summed E-state index contributed by atoms with van der Waals surface area (Å²) < 4.78 is 13.7. The van der Waals surface area contributed by atoms with Crippen molar-refractivity contribution in [3.63, 3.8) is 0 Å². The van der Waals surface area contributed by atoms with Gasteiger partial charge in [-0.25, -0.2) is 4.39 Å². The van der Waals surface area contributed by atoms with E-state index in [1.807, 2.05) is 12.1 Å². The van der Waals surface area contributed by atoms with E-state index in [1.165, 1.54) is 11.1 Å². The van der Waals surface area contributed by atoms with Gasteiger partial charge in [0.1, 0.15) is 5.82 Å². The number of halogens is 1. The highest BCUT2D eigenvalue weighted by Crippen LogP contribution is 2.14. The minimum atomic E-state index is -0.0929. The molecule has 2 aromatic rings. The van der Waals surface area contributed by atoms with Crippen LogP contribution in [0.3, 0.4) is 0 Å². The Kier molecular flexibility index (Phi) is 4.86. The van der Waals surface area contributed by atoms with Gasteiger partial charge in [0, 0.05) is 44.8 Å². The Hall–Kier alpha value is -1.71. The molecule has 0 spiro atoms. The lowest BCUT2D eigenvalue weighted by atomic mass is 10.1. The van der Waals surface area contributed by atoms with Crippen LogP contribution in [-0.4, -0.2) is 36.0 Å². The van der Waals surface area contributed by atoms with Crippen LogP contribution in [-0.2, 0) is 13.1 Å². The molecule has 0 N–H and O–H groups in total. The van der Waals surface area contributed by atoms with E-state index in [0.29, 0.717) is 6.54 Å². The van der Waals surface area contributed by atoms with Crippen LogP contribution in [0, 0.1) is 12.7 Å². The van der Waals surface area contributed by atoms with E-state index in [4.69, 9.17) is 0 Å². The third-order valence-corrected chi connectivity index (χ3v) is 4.31. The van der Waals surface area contributed by atoms with Gasteiger partial charge >= 0.3 is 0 Å². The normalized spacial score (nSPS) is 16.8. The highest BCUT2D eigenvalue weighted by atomic mass is 19.1. The van der Waals surface area contributed by atoms with Crippen LogP contribution in [0.2, 0.25) is 0 Å². The van der Waals surface area contributed by atoms with Crippen LogP contribution >= 0.6 is 0 Å². The summed E-state index contributed by atoms with van der Waals surface area (Å²) in [6.45, 7) is 7.95. The number of piperazine rings is 1. The number of hydrogen-bond donors (Lipinski definition) is 0. The molecule has 1 aliphatic rings. The van der Waals surface area contributed by atoms with Crippen LogP contribution in [0.4, 0.5) is 4.39 Å². The van der Waals surface area contributed by atoms with Crippen molar-refractivity contribution in [3.05, 3.63) is 71.0 Å². The van der Waals surface area contributed by atoms with Crippen molar-refractivity contribution in [3.8, 4) is 0 Å². The average Bonchev–Trinajstić information content (AvgIpc) is 2.52. The van der Waals surface area contributed by atoms with Crippen molar-refractivity contribution in [1.29, 1.82) is 0 Å². The van der Waals surface area contributed by atoms with E-state index in [2.05, 4.69) is 41.0 Å². The molecule has 0 saturated carbocycles. The first-order valence-electron chi connectivity index (χ1n) is 7.94. The molecule has 0 unspecified atom stereocenters. The van der Waals surface area contributed by atoms with Crippen LogP contribution in [0.15, 0.2) is 48.5 Å². The quantitative estimate of drug-likeness (QED) is 0.853. The summed E-state index contributed by atoms with van der Waals surface area (Å²) in [5, 5.41) is 0. The van der Waals surface area contributed by atoms with Crippen LogP contribution in [0.25, 0.3) is 0 Å². The standard InChI is InChI=1S/C19H23FN2/c1-16-5-4-6-17(13-16)14-21-9-11-22(12-10-21)15-18-7-2-3-8-19(18)20/h2-8,13H,9-12,14-15H2,1H3. The Morgan fingerprint density at radius 1 is 0.864 bits per heavy atom. The Morgan fingerprint density at radius 3 is 2.23 bits per heavy atom. The SMILES string of the molecule is Cc1cccc(CN2CCN(Cc3ccccc3F)CC2)c1. The smallest absolute Gasteiger partial charge is 0.127 e. The molecule has 3 rings (SSSR count). The fourth-order valence-electron chi connectivity index (χ4n) is 3.04. The van der Waals surface area contributed by atoms with Gasteiger partial charge in [0.05, 0.1) is 0 Å². The first-order chi connectivity index (χ1) is 10.7. The van der Waals surface area contributed by atoms with E-state index in [0.717, 1.165) is 38.3 Å². The maximum atomic E-state index is 13.7. The molecule has 2 nitrogen and oxygen atoms in total. The first kappa shape index (κ1) is 15.2. The summed E-state index contributed by atoms with van der Waals surface area (Å²) in [6.07, 6.45) is 0. The lowest BCUT2D eigenvalue weighted by Crippen LogP contribution is -2.45. The van der Waals surface area contributed by atoms with Crippen LogP contribution < -0.4 is 0 Å². The minimum absolute atomic E-state index is 0.0929. The fraction of sp³-hybridized carbons (Fsp3) is 0.368. The minimum Gasteiger partial charge on any atom is -0.297 e. The largest absolute Gasteiger partial charge is 0.297 e. The molecule has 22 heavy (non-hydrogen) atoms. The fourth-order valence-corrected chi connectivity index (χ4v) is 3.04. The molecule has 3 heteroatoms. The summed E-state index contributed by atoms with van der Waals surface area (Å²) in [5.41, 5.74) is 3.49. The maximum absolute atomic E-state index is 13.7. The molecule has 1 saturated heterocycles. The predicted octanol–water partition coefficient (Wildman–Crippen LogP) is 3.45. The molecule has 1 heterocycles. The highest BCUT2D eigenvalue weighted by Gasteiger charge is 2.18. The number of nitrogens with zero attached hydrogens (tertiary/aromatic N) is 2. The van der Waals surface area contributed by atoms with Gasteiger partial charge in [-0.1, -0.05) is 48.0 Å². The Balaban J connectivity index is 1.51. The van der Waals surface area contributed by atoms with Crippen molar-refractivity contribution in [1.82, 2.24) is 9.80 Å². The van der Waals surface area contributed by atoms with E-state index in [9.17, 15) is 4.39 Å². The average molecular weight is 298 g/mol. The molecule has 0 bridgehead atoms. The number of aryl methyl sites for hydroxylation is 1. The molecule has 116 valence electrons. The molecule has 1 fully saturated rings. The molecular formula is C19H23FN2. The summed E-state index contributed by atoms with van der Waals surface area (Å²) in [5.74, 6) is -0.0929. The zero-order valence-electron chi connectivity index (χ0n) is 13.1. The second kappa shape index (κ2) is 7.03. The van der Waals surface area contributed by atoms with E-state index in [1.54, 1.807) is 12.1 Å². The molecule has 0 amide bonds. The summed E-state index contributed by atoms with van der Waals surface area (Å²) in [7, 11) is 0. The molecule has 0 atom stereocenters. The maximum Gasteiger partial charge on any atom is 0.127 e. The monoisotopic (exact) mass is 298 g/mol. The first-order valence-corrected chi connectivity index (χ1v) is 7.94. The van der Waals surface area contributed by atoms with E-state index < -0.39 is 0 Å². The lowest BCUT2D eigenvalue weighted by Gasteiger charge is -2.34. The predicted molar refractivity (Wildman–Crippen MR) is 88.1 cm³/mol. The molecular weight excluding hydrogens is 275 g/mol. The van der Waals surface area contributed by atoms with Crippen LogP contribution in [0.1, 0.15) is 16.7 Å². The van der Waals surface area contributed by atoms with Crippen molar-refractivity contribution in [2.75, 3.05) is 26.2 Å². The Morgan fingerprint density at radius 2 is 1.55 bits per heavy atom. The zero-order valence-corrected chi connectivity index (χ0v) is 13.1. The van der Waals surface area contributed by atoms with Crippen molar-refractivity contribution in [2.24, 2.45) is 0 Å². The number of benzene rings is 2. The van der Waals surface area contributed by atoms with Gasteiger partial charge in [-0.05, 0) is 18.6 Å². The number of hydrogen-bond acceptors (Lipinski definition) is 2. The van der Waals surface area contributed by atoms with Crippen molar-refractivity contribution >= 4 is 0 Å². The zero-order chi connectivity index (χ0) is 15.4. The molecule has 0 aromatic heterocycles. The molecule has 2 aromatic carbocycles. The molecule has 1 aliphatic heterocycles. The van der Waals surface area contributed by atoms with Crippen molar-refractivity contribution in [2.45, 2.75) is 20.0 Å². The van der Waals surface area contributed by atoms with Gasteiger partial charge in [0.25, 0.3) is 0 Å². The second-order valence-electron chi connectivity index (χ2n) is 6.13. The van der Waals surface area contributed by atoms with E-state index in [-0.39, 0.29) is 5.82 Å².